The van der Waals surface area contributed by atoms with Crippen LogP contribution in [0.2, 0.25) is 0 Å². The van der Waals surface area contributed by atoms with Gasteiger partial charge in [-0.3, -0.25) is 9.71 Å². The lowest BCUT2D eigenvalue weighted by molar-refractivity contribution is 0.601. The lowest BCUT2D eigenvalue weighted by Gasteiger charge is -2.07. The fourth-order valence-electron chi connectivity index (χ4n) is 1.36. The van der Waals surface area contributed by atoms with Crippen molar-refractivity contribution in [1.82, 2.24) is 9.97 Å². The topological polar surface area (TPSA) is 98.0 Å². The molecule has 0 radical (unpaired) electrons. The van der Waals surface area contributed by atoms with Gasteiger partial charge in [-0.25, -0.2) is 13.4 Å². The zero-order valence-corrected chi connectivity index (χ0v) is 11.3. The predicted molar refractivity (Wildman–Crippen MR) is 75.2 cm³/mol. The highest BCUT2D eigenvalue weighted by atomic mass is 32.2. The molecule has 0 fully saturated rings. The molecular weight excluding hydrogens is 284 g/mol. The highest BCUT2D eigenvalue weighted by molar-refractivity contribution is 7.92. The van der Waals surface area contributed by atoms with Gasteiger partial charge in [0, 0.05) is 18.0 Å². The third-order valence-electron chi connectivity index (χ3n) is 2.23. The molecule has 0 spiro atoms. The van der Waals surface area contributed by atoms with Gasteiger partial charge in [0.2, 0.25) is 0 Å². The van der Waals surface area contributed by atoms with Gasteiger partial charge < -0.3 is 5.73 Å². The van der Waals surface area contributed by atoms with Gasteiger partial charge in [0.15, 0.2) is 5.82 Å². The second-order valence-electron chi connectivity index (χ2n) is 3.59. The van der Waals surface area contributed by atoms with Crippen molar-refractivity contribution in [3.63, 3.8) is 0 Å². The zero-order chi connectivity index (χ0) is 13.9. The molecule has 98 valence electrons. The number of hydrogen-bond donors (Lipinski definition) is 2. The number of anilines is 1. The zero-order valence-electron chi connectivity index (χ0n) is 9.65. The highest BCUT2D eigenvalue weighted by Crippen LogP contribution is 2.15. The second kappa shape index (κ2) is 5.29. The Bertz CT molecular complexity index is 702. The van der Waals surface area contributed by atoms with Crippen molar-refractivity contribution >= 4 is 33.0 Å². The molecular formula is C11H10N4O2S2. The average Bonchev–Trinajstić information content (AvgIpc) is 2.39. The van der Waals surface area contributed by atoms with Crippen LogP contribution >= 0.6 is 12.2 Å². The Hall–Kier alpha value is -2.06. The summed E-state index contributed by atoms with van der Waals surface area (Å²) in [6.07, 6.45) is 4.16. The van der Waals surface area contributed by atoms with Crippen LogP contribution in [0, 0.1) is 0 Å². The molecule has 0 atom stereocenters. The number of nitrogens with one attached hydrogen (secondary N) is 1. The lowest BCUT2D eigenvalue weighted by Crippen LogP contribution is -2.16. The maximum atomic E-state index is 12.1. The molecule has 2 rings (SSSR count). The molecule has 0 unspecified atom stereocenters. The minimum absolute atomic E-state index is 0.0588. The molecule has 8 heteroatoms. The SMILES string of the molecule is NC(=S)c1cccc(S(=O)(=O)Nc2cnccn2)c1. The first-order chi connectivity index (χ1) is 8.99. The van der Waals surface area contributed by atoms with Crippen molar-refractivity contribution < 1.29 is 8.42 Å². The molecule has 1 aromatic heterocycles. The third kappa shape index (κ3) is 3.24. The van der Waals surface area contributed by atoms with Crippen LogP contribution in [0.4, 0.5) is 5.82 Å². The molecule has 1 heterocycles. The molecule has 0 saturated heterocycles. The van der Waals surface area contributed by atoms with E-state index in [9.17, 15) is 8.42 Å². The van der Waals surface area contributed by atoms with E-state index in [2.05, 4.69) is 14.7 Å². The van der Waals surface area contributed by atoms with Gasteiger partial charge >= 0.3 is 0 Å². The Morgan fingerprint density at radius 2 is 2.11 bits per heavy atom. The van der Waals surface area contributed by atoms with Gasteiger partial charge in [-0.05, 0) is 12.1 Å². The number of aromatic nitrogens is 2. The molecule has 0 aliphatic heterocycles. The Labute approximate surface area is 115 Å². The number of benzene rings is 1. The summed E-state index contributed by atoms with van der Waals surface area (Å²) in [7, 11) is -3.74. The molecule has 6 nitrogen and oxygen atoms in total. The Kier molecular flexibility index (Phi) is 3.72. The maximum absolute atomic E-state index is 12.1. The molecule has 0 aliphatic rings. The fraction of sp³-hybridized carbons (Fsp3) is 0. The van der Waals surface area contributed by atoms with Crippen LogP contribution in [0.3, 0.4) is 0 Å². The van der Waals surface area contributed by atoms with Crippen molar-refractivity contribution in [2.75, 3.05) is 4.72 Å². The molecule has 2 aromatic rings. The van der Waals surface area contributed by atoms with E-state index in [1.165, 1.54) is 30.7 Å². The van der Waals surface area contributed by atoms with Gasteiger partial charge in [-0.2, -0.15) is 0 Å². The second-order valence-corrected chi connectivity index (χ2v) is 5.71. The van der Waals surface area contributed by atoms with E-state index in [1.807, 2.05) is 0 Å². The van der Waals surface area contributed by atoms with Gasteiger partial charge in [0.05, 0.1) is 11.1 Å². The van der Waals surface area contributed by atoms with Crippen molar-refractivity contribution in [2.24, 2.45) is 5.73 Å². The van der Waals surface area contributed by atoms with Gasteiger partial charge in [-0.1, -0.05) is 24.4 Å². The summed E-state index contributed by atoms with van der Waals surface area (Å²) >= 11 is 4.81. The maximum Gasteiger partial charge on any atom is 0.263 e. The summed E-state index contributed by atoms with van der Waals surface area (Å²) in [6, 6.07) is 6.06. The van der Waals surface area contributed by atoms with Gasteiger partial charge in [0.1, 0.15) is 4.99 Å². The van der Waals surface area contributed by atoms with Crippen molar-refractivity contribution in [2.45, 2.75) is 4.90 Å². The van der Waals surface area contributed by atoms with Gasteiger partial charge in [-0.15, -0.1) is 0 Å². The van der Waals surface area contributed by atoms with E-state index in [-0.39, 0.29) is 15.7 Å². The molecule has 0 bridgehead atoms. The monoisotopic (exact) mass is 294 g/mol. The predicted octanol–water partition coefficient (Wildman–Crippen LogP) is 0.912. The third-order valence-corrected chi connectivity index (χ3v) is 3.82. The van der Waals surface area contributed by atoms with E-state index in [0.29, 0.717) is 5.56 Å². The molecule has 3 N–H and O–H groups in total. The molecule has 0 amide bonds. The van der Waals surface area contributed by atoms with Crippen LogP contribution < -0.4 is 10.5 Å². The van der Waals surface area contributed by atoms with E-state index in [0.717, 1.165) is 0 Å². The minimum atomic E-state index is -3.74. The number of sulfonamides is 1. The van der Waals surface area contributed by atoms with E-state index >= 15 is 0 Å². The smallest absolute Gasteiger partial charge is 0.263 e. The fourth-order valence-corrected chi connectivity index (χ4v) is 2.53. The van der Waals surface area contributed by atoms with Crippen LogP contribution in [-0.2, 0) is 10.0 Å². The molecule has 19 heavy (non-hydrogen) atoms. The van der Waals surface area contributed by atoms with Crippen molar-refractivity contribution in [3.05, 3.63) is 48.4 Å². The van der Waals surface area contributed by atoms with Crippen LogP contribution in [0.5, 0.6) is 0 Å². The summed E-state index contributed by atoms with van der Waals surface area (Å²) in [5, 5.41) is 0. The normalized spacial score (nSPS) is 10.9. The highest BCUT2D eigenvalue weighted by Gasteiger charge is 2.15. The number of hydrogen-bond acceptors (Lipinski definition) is 5. The van der Waals surface area contributed by atoms with Crippen LogP contribution in [0.1, 0.15) is 5.56 Å². The van der Waals surface area contributed by atoms with E-state index < -0.39 is 10.0 Å². The quantitative estimate of drug-likeness (QED) is 0.813. The Morgan fingerprint density at radius 1 is 1.32 bits per heavy atom. The van der Waals surface area contributed by atoms with Gasteiger partial charge in [0.25, 0.3) is 10.0 Å². The number of nitrogens with zero attached hydrogens (tertiary/aromatic N) is 2. The number of thiocarbonyl (C=S) groups is 1. The van der Waals surface area contributed by atoms with E-state index in [4.69, 9.17) is 18.0 Å². The number of rotatable bonds is 4. The molecule has 1 aromatic carbocycles. The molecule has 0 saturated carbocycles. The minimum Gasteiger partial charge on any atom is -0.389 e. The lowest BCUT2D eigenvalue weighted by atomic mass is 10.2. The first-order valence-corrected chi connectivity index (χ1v) is 7.07. The van der Waals surface area contributed by atoms with Crippen LogP contribution in [-0.4, -0.2) is 23.4 Å². The Balaban J connectivity index is 2.35. The summed E-state index contributed by atoms with van der Waals surface area (Å²) < 4.78 is 26.5. The largest absolute Gasteiger partial charge is 0.389 e. The summed E-state index contributed by atoms with van der Waals surface area (Å²) in [4.78, 5) is 7.82. The van der Waals surface area contributed by atoms with Crippen LogP contribution in [0.25, 0.3) is 0 Å². The summed E-state index contributed by atoms with van der Waals surface area (Å²) in [5.41, 5.74) is 5.96. The van der Waals surface area contributed by atoms with E-state index in [1.54, 1.807) is 12.1 Å². The number of nitrogens with two attached hydrogens (primary N) is 1. The summed E-state index contributed by atoms with van der Waals surface area (Å²) in [5.74, 6) is 0.142. The molecule has 0 aliphatic carbocycles. The summed E-state index contributed by atoms with van der Waals surface area (Å²) in [6.45, 7) is 0. The van der Waals surface area contributed by atoms with Crippen molar-refractivity contribution in [3.8, 4) is 0 Å². The average molecular weight is 294 g/mol. The Morgan fingerprint density at radius 3 is 2.74 bits per heavy atom. The standard InChI is InChI=1S/C11H10N4O2S2/c12-11(18)8-2-1-3-9(6-8)19(16,17)15-10-7-13-4-5-14-10/h1-7H,(H2,12,18)(H,14,15). The first kappa shape index (κ1) is 13.4. The first-order valence-electron chi connectivity index (χ1n) is 5.18. The van der Waals surface area contributed by atoms with Crippen molar-refractivity contribution in [1.29, 1.82) is 0 Å². The van der Waals surface area contributed by atoms with Crippen LogP contribution in [0.15, 0.2) is 47.8 Å².